The van der Waals surface area contributed by atoms with Crippen LogP contribution in [0.1, 0.15) is 42.0 Å². The average Bonchev–Trinajstić information content (AvgIpc) is 2.59. The van der Waals surface area contributed by atoms with E-state index in [-0.39, 0.29) is 17.9 Å². The fourth-order valence-electron chi connectivity index (χ4n) is 3.02. The van der Waals surface area contributed by atoms with Crippen molar-refractivity contribution in [2.24, 2.45) is 0 Å². The van der Waals surface area contributed by atoms with E-state index < -0.39 is 10.0 Å². The average molecular weight is 385 g/mol. The topological polar surface area (TPSA) is 79.0 Å². The van der Waals surface area contributed by atoms with Gasteiger partial charge in [-0.25, -0.2) is 13.1 Å². The number of nitrogens with one attached hydrogen (secondary N) is 2. The van der Waals surface area contributed by atoms with Crippen LogP contribution < -0.4 is 10.3 Å². The first-order chi connectivity index (χ1) is 12.7. The minimum absolute atomic E-state index is 0.0364. The Morgan fingerprint density at radius 2 is 1.85 bits per heavy atom. The first-order valence-electron chi connectivity index (χ1n) is 8.92. The number of hydrogen-bond donors (Lipinski definition) is 2. The number of H-pyrrole nitrogens is 1. The maximum Gasteiger partial charge on any atom is 0.252 e. The molecule has 0 saturated carbocycles. The molecule has 2 aromatic carbocycles. The maximum atomic E-state index is 12.4. The quantitative estimate of drug-likeness (QED) is 0.682. The lowest BCUT2D eigenvalue weighted by atomic mass is 10.0. The third-order valence-corrected chi connectivity index (χ3v) is 5.83. The highest BCUT2D eigenvalue weighted by molar-refractivity contribution is 7.88. The van der Waals surface area contributed by atoms with Crippen molar-refractivity contribution in [1.29, 1.82) is 0 Å². The van der Waals surface area contributed by atoms with Gasteiger partial charge in [0.15, 0.2) is 0 Å². The van der Waals surface area contributed by atoms with Gasteiger partial charge in [0.05, 0.1) is 5.75 Å². The van der Waals surface area contributed by atoms with E-state index in [0.717, 1.165) is 22.0 Å². The summed E-state index contributed by atoms with van der Waals surface area (Å²) in [5, 5.41) is 0.897. The van der Waals surface area contributed by atoms with Gasteiger partial charge >= 0.3 is 0 Å². The molecule has 6 heteroatoms. The Labute approximate surface area is 159 Å². The van der Waals surface area contributed by atoms with Crippen molar-refractivity contribution in [2.45, 2.75) is 39.0 Å². The van der Waals surface area contributed by atoms with Crippen LogP contribution in [0.5, 0.6) is 0 Å². The molecule has 27 heavy (non-hydrogen) atoms. The molecule has 0 spiro atoms. The van der Waals surface area contributed by atoms with Gasteiger partial charge in [-0.3, -0.25) is 4.79 Å². The van der Waals surface area contributed by atoms with E-state index >= 15 is 0 Å². The highest BCUT2D eigenvalue weighted by Gasteiger charge is 2.13. The number of aromatic nitrogens is 1. The normalized spacial score (nSPS) is 12.0. The van der Waals surface area contributed by atoms with Crippen molar-refractivity contribution in [2.75, 3.05) is 0 Å². The molecule has 0 bridgehead atoms. The van der Waals surface area contributed by atoms with Crippen LogP contribution in [0.3, 0.4) is 0 Å². The molecule has 0 radical (unpaired) electrons. The molecule has 3 aromatic rings. The molecule has 0 amide bonds. The third-order valence-electron chi connectivity index (χ3n) is 4.53. The van der Waals surface area contributed by atoms with Crippen LogP contribution in [-0.4, -0.2) is 13.4 Å². The van der Waals surface area contributed by atoms with Crippen LogP contribution in [-0.2, 0) is 22.3 Å². The highest BCUT2D eigenvalue weighted by atomic mass is 32.2. The molecule has 5 nitrogen and oxygen atoms in total. The molecular weight excluding hydrogens is 360 g/mol. The van der Waals surface area contributed by atoms with Gasteiger partial charge in [0.25, 0.3) is 5.56 Å². The molecule has 1 heterocycles. The van der Waals surface area contributed by atoms with Crippen molar-refractivity contribution in [3.63, 3.8) is 0 Å². The van der Waals surface area contributed by atoms with Gasteiger partial charge in [-0.2, -0.15) is 0 Å². The molecule has 0 aliphatic carbocycles. The molecule has 142 valence electrons. The number of benzene rings is 2. The van der Waals surface area contributed by atoms with E-state index in [0.29, 0.717) is 11.5 Å². The lowest BCUT2D eigenvalue weighted by Gasteiger charge is -2.10. The standard InChI is InChI=1S/C21H24N2O3S/c1-14(2)17-7-8-20-18(10-17)11-19(21(24)23-20)12-22-27(25,26)13-16-6-4-5-15(3)9-16/h4-11,14,22H,12-13H2,1-3H3,(H,23,24). The van der Waals surface area contributed by atoms with Crippen molar-refractivity contribution in [3.05, 3.63) is 81.1 Å². The lowest BCUT2D eigenvalue weighted by Crippen LogP contribution is -2.28. The predicted molar refractivity (Wildman–Crippen MR) is 109 cm³/mol. The molecule has 3 rings (SSSR count). The highest BCUT2D eigenvalue weighted by Crippen LogP contribution is 2.20. The largest absolute Gasteiger partial charge is 0.322 e. The second-order valence-corrected chi connectivity index (χ2v) is 9.00. The van der Waals surface area contributed by atoms with Gasteiger partial charge in [-0.1, -0.05) is 49.7 Å². The Kier molecular flexibility index (Phi) is 5.48. The second kappa shape index (κ2) is 7.66. The van der Waals surface area contributed by atoms with E-state index in [1.165, 1.54) is 5.56 Å². The van der Waals surface area contributed by atoms with Crippen LogP contribution in [0, 0.1) is 6.92 Å². The molecule has 0 saturated heterocycles. The van der Waals surface area contributed by atoms with Crippen LogP contribution in [0.25, 0.3) is 10.9 Å². The summed E-state index contributed by atoms with van der Waals surface area (Å²) >= 11 is 0. The molecule has 2 N–H and O–H groups in total. The minimum atomic E-state index is -3.54. The Morgan fingerprint density at radius 1 is 1.07 bits per heavy atom. The Morgan fingerprint density at radius 3 is 2.56 bits per heavy atom. The van der Waals surface area contributed by atoms with Crippen molar-refractivity contribution >= 4 is 20.9 Å². The van der Waals surface area contributed by atoms with Gasteiger partial charge in [0, 0.05) is 17.6 Å². The molecule has 0 unspecified atom stereocenters. The van der Waals surface area contributed by atoms with Crippen LogP contribution >= 0.6 is 0 Å². The van der Waals surface area contributed by atoms with Crippen LogP contribution in [0.2, 0.25) is 0 Å². The molecule has 0 atom stereocenters. The minimum Gasteiger partial charge on any atom is -0.322 e. The number of sulfonamides is 1. The molecular formula is C21H24N2O3S. The maximum absolute atomic E-state index is 12.4. The summed E-state index contributed by atoms with van der Waals surface area (Å²) < 4.78 is 27.3. The number of aryl methyl sites for hydroxylation is 1. The zero-order valence-corrected chi connectivity index (χ0v) is 16.6. The Balaban J connectivity index is 1.81. The molecule has 1 aromatic heterocycles. The lowest BCUT2D eigenvalue weighted by molar-refractivity contribution is 0.580. The fourth-order valence-corrected chi connectivity index (χ4v) is 4.12. The number of pyridine rings is 1. The predicted octanol–water partition coefficient (Wildman–Crippen LogP) is 3.58. The summed E-state index contributed by atoms with van der Waals surface area (Å²) in [7, 11) is -3.54. The van der Waals surface area contributed by atoms with Crippen molar-refractivity contribution in [1.82, 2.24) is 9.71 Å². The Hall–Kier alpha value is -2.44. The van der Waals surface area contributed by atoms with E-state index in [9.17, 15) is 13.2 Å². The molecule has 0 fully saturated rings. The van der Waals surface area contributed by atoms with E-state index in [1.54, 1.807) is 12.1 Å². The van der Waals surface area contributed by atoms with E-state index in [1.807, 2.05) is 43.3 Å². The first-order valence-corrected chi connectivity index (χ1v) is 10.6. The summed E-state index contributed by atoms with van der Waals surface area (Å²) in [5.41, 5.74) is 3.76. The zero-order valence-electron chi connectivity index (χ0n) is 15.7. The number of aromatic amines is 1. The summed E-state index contributed by atoms with van der Waals surface area (Å²) in [6.07, 6.45) is 0. The van der Waals surface area contributed by atoms with Crippen molar-refractivity contribution < 1.29 is 8.42 Å². The number of hydrogen-bond acceptors (Lipinski definition) is 3. The van der Waals surface area contributed by atoms with Gasteiger partial charge in [0.2, 0.25) is 10.0 Å². The number of rotatable bonds is 6. The van der Waals surface area contributed by atoms with Crippen LogP contribution in [0.15, 0.2) is 53.3 Å². The monoisotopic (exact) mass is 384 g/mol. The second-order valence-electron chi connectivity index (χ2n) is 7.19. The molecule has 0 aliphatic heterocycles. The SMILES string of the molecule is Cc1cccc(CS(=O)(=O)NCc2cc3cc(C(C)C)ccc3[nH]c2=O)c1. The fraction of sp³-hybridized carbons (Fsp3) is 0.286. The van der Waals surface area contributed by atoms with E-state index in [4.69, 9.17) is 0 Å². The van der Waals surface area contributed by atoms with Gasteiger partial charge in [-0.15, -0.1) is 0 Å². The third kappa shape index (κ3) is 4.84. The van der Waals surface area contributed by atoms with E-state index in [2.05, 4.69) is 23.6 Å². The summed E-state index contributed by atoms with van der Waals surface area (Å²) in [6.45, 7) is 6.09. The summed E-state index contributed by atoms with van der Waals surface area (Å²) in [5.74, 6) is 0.259. The smallest absolute Gasteiger partial charge is 0.252 e. The Bertz CT molecular complexity index is 1130. The van der Waals surface area contributed by atoms with Gasteiger partial charge in [0.1, 0.15) is 0 Å². The molecule has 0 aliphatic rings. The van der Waals surface area contributed by atoms with Gasteiger partial charge < -0.3 is 4.98 Å². The number of fused-ring (bicyclic) bond motifs is 1. The van der Waals surface area contributed by atoms with Gasteiger partial charge in [-0.05, 0) is 47.6 Å². The summed E-state index contributed by atoms with van der Waals surface area (Å²) in [6, 6.07) is 15.0. The first kappa shape index (κ1) is 19.3. The summed E-state index contributed by atoms with van der Waals surface area (Å²) in [4.78, 5) is 15.1. The zero-order chi connectivity index (χ0) is 19.6. The van der Waals surface area contributed by atoms with Crippen molar-refractivity contribution in [3.8, 4) is 0 Å². The van der Waals surface area contributed by atoms with Crippen LogP contribution in [0.4, 0.5) is 0 Å².